The van der Waals surface area contributed by atoms with Crippen LogP contribution in [0.4, 0.5) is 4.39 Å². The molecule has 0 spiro atoms. The van der Waals surface area contributed by atoms with Crippen LogP contribution in [0.2, 0.25) is 0 Å². The van der Waals surface area contributed by atoms with Gasteiger partial charge in [0.05, 0.1) is 11.7 Å². The normalized spacial score (nSPS) is 18.4. The number of rotatable bonds is 9. The maximum Gasteiger partial charge on any atom is 0.269 e. The van der Waals surface area contributed by atoms with E-state index >= 15 is 0 Å². The highest BCUT2D eigenvalue weighted by Crippen LogP contribution is 2.44. The molecule has 1 aromatic heterocycles. The number of amides is 2. The van der Waals surface area contributed by atoms with Gasteiger partial charge in [0.1, 0.15) is 11.5 Å². The first-order valence-corrected chi connectivity index (χ1v) is 13.6. The van der Waals surface area contributed by atoms with Gasteiger partial charge in [-0.2, -0.15) is 0 Å². The minimum Gasteiger partial charge on any atom is -0.396 e. The van der Waals surface area contributed by atoms with Gasteiger partial charge in [-0.1, -0.05) is 36.4 Å². The minimum absolute atomic E-state index is 0.0738. The Kier molecular flexibility index (Phi) is 6.70. The fourth-order valence-electron chi connectivity index (χ4n) is 5.45. The molecule has 2 fully saturated rings. The second-order valence-corrected chi connectivity index (χ2v) is 10.8. The molecule has 196 valence electrons. The van der Waals surface area contributed by atoms with Crippen LogP contribution in [0.15, 0.2) is 54.6 Å². The van der Waals surface area contributed by atoms with Gasteiger partial charge in [0.15, 0.2) is 0 Å². The second kappa shape index (κ2) is 10.3. The zero-order valence-corrected chi connectivity index (χ0v) is 21.3. The summed E-state index contributed by atoms with van der Waals surface area (Å²) in [5.41, 5.74) is 4.61. The number of carbonyl (C=O) groups excluding carboxylic acids is 2. The van der Waals surface area contributed by atoms with Gasteiger partial charge in [0.2, 0.25) is 5.91 Å². The number of halogens is 1. The van der Waals surface area contributed by atoms with Crippen LogP contribution in [0.1, 0.15) is 66.2 Å². The number of pyridine rings is 1. The third kappa shape index (κ3) is 5.07. The number of aromatic nitrogens is 1. The van der Waals surface area contributed by atoms with Crippen molar-refractivity contribution < 1.29 is 19.1 Å². The monoisotopic (exact) mass is 513 g/mol. The Labute approximate surface area is 221 Å². The molecule has 2 heterocycles. The van der Waals surface area contributed by atoms with Gasteiger partial charge < -0.3 is 15.3 Å². The lowest BCUT2D eigenvalue weighted by Crippen LogP contribution is -2.30. The lowest BCUT2D eigenvalue weighted by atomic mass is 9.93. The maximum absolute atomic E-state index is 14.6. The number of hydrogen-bond acceptors (Lipinski definition) is 4. The van der Waals surface area contributed by atoms with E-state index in [1.807, 2.05) is 29.2 Å². The molecular formula is C31H32FN3O3. The summed E-state index contributed by atoms with van der Waals surface area (Å²) in [6.07, 6.45) is 5.32. The second-order valence-electron chi connectivity index (χ2n) is 10.8. The minimum atomic E-state index is -0.329. The number of nitrogens with zero attached hydrogens (tertiary/aromatic N) is 2. The summed E-state index contributed by atoms with van der Waals surface area (Å²) in [6.45, 7) is 0.946. The predicted octanol–water partition coefficient (Wildman–Crippen LogP) is 5.26. The lowest BCUT2D eigenvalue weighted by Gasteiger charge is -2.26. The standard InChI is InChI=1S/C31H32FN3O3/c32-25-7-2-1-6-24(25)21-4-3-5-22(15-21)30-29-23(16-26(34-30)31(38)33-17-20-10-11-20)18-35(27(29)12-13-36)28(37)14-19-8-9-19/h1-7,15-16,19-20,27,36H,8-14,17-18H2,(H,33,38)/t27-/m1/s1. The van der Waals surface area contributed by atoms with Crippen LogP contribution in [-0.4, -0.2) is 40.0 Å². The van der Waals surface area contributed by atoms with E-state index in [1.54, 1.807) is 24.3 Å². The topological polar surface area (TPSA) is 82.5 Å². The van der Waals surface area contributed by atoms with E-state index in [0.29, 0.717) is 60.3 Å². The van der Waals surface area contributed by atoms with Crippen molar-refractivity contribution in [3.63, 3.8) is 0 Å². The fraction of sp³-hybridized carbons (Fsp3) is 0.387. The van der Waals surface area contributed by atoms with Crippen molar-refractivity contribution >= 4 is 11.8 Å². The Morgan fingerprint density at radius 2 is 1.76 bits per heavy atom. The molecule has 2 saturated carbocycles. The third-order valence-electron chi connectivity index (χ3n) is 7.88. The first kappa shape index (κ1) is 24.7. The summed E-state index contributed by atoms with van der Waals surface area (Å²) in [5, 5.41) is 12.9. The average molecular weight is 514 g/mol. The van der Waals surface area contributed by atoms with E-state index in [4.69, 9.17) is 4.98 Å². The molecule has 0 unspecified atom stereocenters. The molecule has 0 radical (unpaired) electrons. The highest BCUT2D eigenvalue weighted by Gasteiger charge is 2.38. The van der Waals surface area contributed by atoms with Crippen LogP contribution in [0.3, 0.4) is 0 Å². The number of hydrogen-bond donors (Lipinski definition) is 2. The van der Waals surface area contributed by atoms with Gasteiger partial charge >= 0.3 is 0 Å². The van der Waals surface area contributed by atoms with Crippen LogP contribution in [-0.2, 0) is 11.3 Å². The van der Waals surface area contributed by atoms with Crippen LogP contribution in [0.25, 0.3) is 22.4 Å². The molecule has 3 aromatic rings. The van der Waals surface area contributed by atoms with Gasteiger partial charge in [-0.25, -0.2) is 9.37 Å². The van der Waals surface area contributed by atoms with Crippen LogP contribution in [0.5, 0.6) is 0 Å². The smallest absolute Gasteiger partial charge is 0.269 e. The Balaban J connectivity index is 1.43. The van der Waals surface area contributed by atoms with Crippen molar-refractivity contribution in [3.8, 4) is 22.4 Å². The molecule has 2 aromatic carbocycles. The van der Waals surface area contributed by atoms with Gasteiger partial charge in [-0.05, 0) is 73.3 Å². The first-order valence-electron chi connectivity index (χ1n) is 13.6. The van der Waals surface area contributed by atoms with E-state index in [2.05, 4.69) is 5.32 Å². The zero-order chi connectivity index (χ0) is 26.2. The van der Waals surface area contributed by atoms with Crippen LogP contribution in [0, 0.1) is 17.7 Å². The number of benzene rings is 2. The number of carbonyl (C=O) groups is 2. The van der Waals surface area contributed by atoms with Crippen LogP contribution >= 0.6 is 0 Å². The van der Waals surface area contributed by atoms with Crippen molar-refractivity contribution in [2.75, 3.05) is 13.2 Å². The molecule has 3 aliphatic rings. The van der Waals surface area contributed by atoms with Crippen molar-refractivity contribution in [1.82, 2.24) is 15.2 Å². The van der Waals surface area contributed by atoms with E-state index in [0.717, 1.165) is 42.4 Å². The van der Waals surface area contributed by atoms with Gasteiger partial charge in [-0.3, -0.25) is 9.59 Å². The van der Waals surface area contributed by atoms with Crippen molar-refractivity contribution in [2.24, 2.45) is 11.8 Å². The first-order chi connectivity index (χ1) is 18.5. The predicted molar refractivity (Wildman–Crippen MR) is 142 cm³/mol. The van der Waals surface area contributed by atoms with Crippen molar-refractivity contribution in [1.29, 1.82) is 0 Å². The highest BCUT2D eigenvalue weighted by atomic mass is 19.1. The fourth-order valence-corrected chi connectivity index (χ4v) is 5.45. The van der Waals surface area contributed by atoms with E-state index in [1.165, 1.54) is 6.07 Å². The summed E-state index contributed by atoms with van der Waals surface area (Å²) in [7, 11) is 0. The molecule has 2 amide bonds. The molecule has 0 saturated heterocycles. The number of fused-ring (bicyclic) bond motifs is 1. The van der Waals surface area contributed by atoms with Gasteiger partial charge in [-0.15, -0.1) is 0 Å². The molecule has 0 bridgehead atoms. The maximum atomic E-state index is 14.6. The molecule has 2 aliphatic carbocycles. The molecule has 1 aliphatic heterocycles. The summed E-state index contributed by atoms with van der Waals surface area (Å²) in [4.78, 5) is 33.1. The molecule has 1 atom stereocenters. The summed E-state index contributed by atoms with van der Waals surface area (Å²) in [6, 6.07) is 15.6. The average Bonchev–Trinajstić information content (AvgIpc) is 3.87. The van der Waals surface area contributed by atoms with Crippen molar-refractivity contribution in [3.05, 3.63) is 77.2 Å². The zero-order valence-electron chi connectivity index (χ0n) is 21.3. The lowest BCUT2D eigenvalue weighted by molar-refractivity contribution is -0.134. The van der Waals surface area contributed by atoms with Crippen molar-refractivity contribution in [2.45, 2.75) is 51.1 Å². The van der Waals surface area contributed by atoms with E-state index < -0.39 is 0 Å². The molecule has 38 heavy (non-hydrogen) atoms. The van der Waals surface area contributed by atoms with Gasteiger partial charge in [0.25, 0.3) is 5.91 Å². The number of nitrogens with one attached hydrogen (secondary N) is 1. The molecule has 6 rings (SSSR count). The Morgan fingerprint density at radius 3 is 2.50 bits per heavy atom. The van der Waals surface area contributed by atoms with E-state index in [-0.39, 0.29) is 30.3 Å². The number of aliphatic hydroxyl groups is 1. The number of aliphatic hydroxyl groups excluding tert-OH is 1. The Hall–Kier alpha value is -3.58. The SMILES string of the molecule is O=C(NCC1CC1)c1cc2c(c(-c3cccc(-c4ccccc4F)c3)n1)[C@@H](CCO)N(C(=O)CC1CC1)C2. The summed E-state index contributed by atoms with van der Waals surface area (Å²) in [5.74, 6) is 0.515. The third-order valence-corrected chi connectivity index (χ3v) is 7.88. The molecule has 7 heteroatoms. The molecular weight excluding hydrogens is 481 g/mol. The van der Waals surface area contributed by atoms with E-state index in [9.17, 15) is 19.1 Å². The quantitative estimate of drug-likeness (QED) is 0.409. The van der Waals surface area contributed by atoms with Gasteiger partial charge in [0, 0.05) is 42.8 Å². The Morgan fingerprint density at radius 1 is 1.00 bits per heavy atom. The summed E-state index contributed by atoms with van der Waals surface area (Å²) >= 11 is 0. The van der Waals surface area contributed by atoms with Crippen LogP contribution < -0.4 is 5.32 Å². The molecule has 2 N–H and O–H groups in total. The highest BCUT2D eigenvalue weighted by molar-refractivity contribution is 5.94. The largest absolute Gasteiger partial charge is 0.396 e. The summed E-state index contributed by atoms with van der Waals surface area (Å²) < 4.78 is 14.6. The Bertz CT molecular complexity index is 1380. The molecule has 6 nitrogen and oxygen atoms in total.